The molecule has 0 spiro atoms. The predicted octanol–water partition coefficient (Wildman–Crippen LogP) is 3.38. The summed E-state index contributed by atoms with van der Waals surface area (Å²) in [6.45, 7) is 5.90. The largest absolute Gasteiger partial charge is 0.481 e. The number of hydrogen-bond acceptors (Lipinski definition) is 3. The first-order chi connectivity index (χ1) is 12.3. The summed E-state index contributed by atoms with van der Waals surface area (Å²) in [6.07, 6.45) is -0.0243. The molecule has 0 bridgehead atoms. The number of amides is 1. The number of carbonyl (C=O) groups excluding carboxylic acids is 2. The van der Waals surface area contributed by atoms with Crippen molar-refractivity contribution in [3.8, 4) is 0 Å². The number of aliphatic carboxylic acids is 1. The molecule has 5 nitrogen and oxygen atoms in total. The minimum Gasteiger partial charge on any atom is -0.481 e. The number of nitrogens with one attached hydrogen (secondary N) is 1. The van der Waals surface area contributed by atoms with Crippen LogP contribution in [0, 0.1) is 19.8 Å². The van der Waals surface area contributed by atoms with E-state index in [0.717, 1.165) is 11.1 Å². The van der Waals surface area contributed by atoms with Gasteiger partial charge in [-0.05, 0) is 43.0 Å². The standard InChI is InChI=1S/C21H23NO4/c1-13(10-19(23)24)12-22-21(26)18-7-5-4-6-17(18)20(25)16-9-8-14(2)15(3)11-16/h4-9,11,13H,10,12H2,1-3H3,(H,22,26)(H,23,24). The highest BCUT2D eigenvalue weighted by molar-refractivity contribution is 6.15. The lowest BCUT2D eigenvalue weighted by Gasteiger charge is -2.13. The molecule has 2 aromatic rings. The van der Waals surface area contributed by atoms with E-state index in [2.05, 4.69) is 5.32 Å². The highest BCUT2D eigenvalue weighted by Crippen LogP contribution is 2.17. The van der Waals surface area contributed by atoms with Gasteiger partial charge in [0, 0.05) is 24.1 Å². The Bertz CT molecular complexity index is 842. The van der Waals surface area contributed by atoms with Crippen LogP contribution in [0.15, 0.2) is 42.5 Å². The molecular weight excluding hydrogens is 330 g/mol. The SMILES string of the molecule is Cc1ccc(C(=O)c2ccccc2C(=O)NCC(C)CC(=O)O)cc1C. The van der Waals surface area contributed by atoms with Gasteiger partial charge >= 0.3 is 5.97 Å². The molecule has 0 aromatic heterocycles. The lowest BCUT2D eigenvalue weighted by Crippen LogP contribution is -2.30. The first kappa shape index (κ1) is 19.4. The van der Waals surface area contributed by atoms with E-state index in [9.17, 15) is 14.4 Å². The summed E-state index contributed by atoms with van der Waals surface area (Å²) in [6, 6.07) is 12.1. The van der Waals surface area contributed by atoms with Gasteiger partial charge in [0.05, 0.1) is 5.56 Å². The maximum absolute atomic E-state index is 12.9. The van der Waals surface area contributed by atoms with E-state index in [1.165, 1.54) is 0 Å². The van der Waals surface area contributed by atoms with Crippen molar-refractivity contribution >= 4 is 17.7 Å². The molecule has 0 fully saturated rings. The van der Waals surface area contributed by atoms with Crippen LogP contribution >= 0.6 is 0 Å². The molecule has 0 aliphatic heterocycles. The van der Waals surface area contributed by atoms with Gasteiger partial charge in [-0.2, -0.15) is 0 Å². The number of benzene rings is 2. The average molecular weight is 353 g/mol. The summed E-state index contributed by atoms with van der Waals surface area (Å²) in [5.41, 5.74) is 3.27. The van der Waals surface area contributed by atoms with E-state index in [-0.39, 0.29) is 30.6 Å². The van der Waals surface area contributed by atoms with Crippen molar-refractivity contribution in [1.29, 1.82) is 0 Å². The zero-order chi connectivity index (χ0) is 19.3. The molecule has 2 aromatic carbocycles. The Labute approximate surface area is 153 Å². The molecule has 26 heavy (non-hydrogen) atoms. The quantitative estimate of drug-likeness (QED) is 0.748. The molecular formula is C21H23NO4. The molecule has 1 atom stereocenters. The minimum atomic E-state index is -0.905. The van der Waals surface area contributed by atoms with Crippen LogP contribution in [0.25, 0.3) is 0 Å². The van der Waals surface area contributed by atoms with E-state index < -0.39 is 5.97 Å². The van der Waals surface area contributed by atoms with E-state index in [4.69, 9.17) is 5.11 Å². The Morgan fingerprint density at radius 2 is 1.65 bits per heavy atom. The van der Waals surface area contributed by atoms with Gasteiger partial charge in [0.2, 0.25) is 0 Å². The minimum absolute atomic E-state index is 0.0243. The van der Waals surface area contributed by atoms with Gasteiger partial charge in [-0.1, -0.05) is 37.3 Å². The van der Waals surface area contributed by atoms with E-state index in [1.54, 1.807) is 37.3 Å². The van der Waals surface area contributed by atoms with Crippen LogP contribution in [0.1, 0.15) is 50.8 Å². The topological polar surface area (TPSA) is 83.5 Å². The maximum Gasteiger partial charge on any atom is 0.303 e. The second kappa shape index (κ2) is 8.43. The first-order valence-corrected chi connectivity index (χ1v) is 8.50. The summed E-state index contributed by atoms with van der Waals surface area (Å²) in [4.78, 5) is 36.1. The summed E-state index contributed by atoms with van der Waals surface area (Å²) < 4.78 is 0. The van der Waals surface area contributed by atoms with Crippen molar-refractivity contribution in [2.75, 3.05) is 6.54 Å². The molecule has 136 valence electrons. The molecule has 0 heterocycles. The highest BCUT2D eigenvalue weighted by atomic mass is 16.4. The molecule has 0 saturated carbocycles. The fourth-order valence-electron chi connectivity index (χ4n) is 2.65. The number of carboxylic acid groups (broad SMARTS) is 1. The van der Waals surface area contributed by atoms with Gasteiger partial charge in [-0.15, -0.1) is 0 Å². The Kier molecular flexibility index (Phi) is 6.28. The Morgan fingerprint density at radius 1 is 1.00 bits per heavy atom. The van der Waals surface area contributed by atoms with Crippen LogP contribution in [-0.4, -0.2) is 29.3 Å². The fourth-order valence-corrected chi connectivity index (χ4v) is 2.65. The third-order valence-electron chi connectivity index (χ3n) is 4.32. The molecule has 1 amide bonds. The number of ketones is 1. The van der Waals surface area contributed by atoms with Crippen LogP contribution in [0.2, 0.25) is 0 Å². The van der Waals surface area contributed by atoms with Crippen molar-refractivity contribution in [2.45, 2.75) is 27.2 Å². The number of rotatable bonds is 7. The zero-order valence-corrected chi connectivity index (χ0v) is 15.2. The van der Waals surface area contributed by atoms with Gasteiger partial charge in [0.1, 0.15) is 0 Å². The van der Waals surface area contributed by atoms with Crippen molar-refractivity contribution in [2.24, 2.45) is 5.92 Å². The number of carboxylic acids is 1. The van der Waals surface area contributed by atoms with Crippen LogP contribution < -0.4 is 5.32 Å². The molecule has 0 saturated heterocycles. The number of aryl methyl sites for hydroxylation is 2. The first-order valence-electron chi connectivity index (χ1n) is 8.50. The van der Waals surface area contributed by atoms with Crippen LogP contribution in [-0.2, 0) is 4.79 Å². The highest BCUT2D eigenvalue weighted by Gasteiger charge is 2.19. The van der Waals surface area contributed by atoms with Gasteiger partial charge in [0.15, 0.2) is 5.78 Å². The normalized spacial score (nSPS) is 11.7. The van der Waals surface area contributed by atoms with Gasteiger partial charge in [-0.25, -0.2) is 0 Å². The second-order valence-electron chi connectivity index (χ2n) is 6.59. The summed E-state index contributed by atoms with van der Waals surface area (Å²) in [7, 11) is 0. The third kappa shape index (κ3) is 4.79. The average Bonchev–Trinajstić information content (AvgIpc) is 2.61. The Hall–Kier alpha value is -2.95. The van der Waals surface area contributed by atoms with Gasteiger partial charge < -0.3 is 10.4 Å². The Morgan fingerprint density at radius 3 is 2.27 bits per heavy atom. The summed E-state index contributed by atoms with van der Waals surface area (Å²) >= 11 is 0. The summed E-state index contributed by atoms with van der Waals surface area (Å²) in [5, 5.41) is 11.5. The lowest BCUT2D eigenvalue weighted by atomic mass is 9.95. The van der Waals surface area contributed by atoms with Crippen LogP contribution in [0.5, 0.6) is 0 Å². The van der Waals surface area contributed by atoms with Crippen molar-refractivity contribution in [1.82, 2.24) is 5.32 Å². The van der Waals surface area contributed by atoms with Crippen LogP contribution in [0.4, 0.5) is 0 Å². The fraction of sp³-hybridized carbons (Fsp3) is 0.286. The molecule has 2 rings (SSSR count). The van der Waals surface area contributed by atoms with Crippen molar-refractivity contribution in [3.05, 3.63) is 70.3 Å². The molecule has 0 radical (unpaired) electrons. The van der Waals surface area contributed by atoms with Gasteiger partial charge in [-0.3, -0.25) is 14.4 Å². The molecule has 1 unspecified atom stereocenters. The van der Waals surface area contributed by atoms with Crippen LogP contribution in [0.3, 0.4) is 0 Å². The number of hydrogen-bond donors (Lipinski definition) is 2. The summed E-state index contributed by atoms with van der Waals surface area (Å²) in [5.74, 6) is -1.69. The molecule has 5 heteroatoms. The molecule has 0 aliphatic carbocycles. The second-order valence-corrected chi connectivity index (χ2v) is 6.59. The van der Waals surface area contributed by atoms with E-state index in [0.29, 0.717) is 16.7 Å². The van der Waals surface area contributed by atoms with Gasteiger partial charge in [0.25, 0.3) is 5.91 Å². The van der Waals surface area contributed by atoms with E-state index in [1.807, 2.05) is 26.0 Å². The zero-order valence-electron chi connectivity index (χ0n) is 15.2. The van der Waals surface area contributed by atoms with Crippen molar-refractivity contribution in [3.63, 3.8) is 0 Å². The molecule has 2 N–H and O–H groups in total. The predicted molar refractivity (Wildman–Crippen MR) is 99.5 cm³/mol. The van der Waals surface area contributed by atoms with E-state index >= 15 is 0 Å². The molecule has 0 aliphatic rings. The van der Waals surface area contributed by atoms with Crippen molar-refractivity contribution < 1.29 is 19.5 Å². The number of carbonyl (C=O) groups is 3. The third-order valence-corrected chi connectivity index (χ3v) is 4.32. The smallest absolute Gasteiger partial charge is 0.303 e. The maximum atomic E-state index is 12.9. The Balaban J connectivity index is 2.21. The lowest BCUT2D eigenvalue weighted by molar-refractivity contribution is -0.137. The monoisotopic (exact) mass is 353 g/mol.